The maximum absolute atomic E-state index is 11.9. The fraction of sp³-hybridized carbons (Fsp3) is 0.500. The number of carbonyl (C=O) groups excluding carboxylic acids is 1. The smallest absolute Gasteiger partial charge is 0.228 e. The highest BCUT2D eigenvalue weighted by Crippen LogP contribution is 2.36. The molecule has 134 valence electrons. The van der Waals surface area contributed by atoms with Crippen molar-refractivity contribution < 1.29 is 14.3 Å². The number of ether oxygens (including phenoxy) is 2. The van der Waals surface area contributed by atoms with Crippen molar-refractivity contribution in [2.45, 2.75) is 25.3 Å². The molecule has 2 rings (SSSR count). The molecule has 0 radical (unpaired) electrons. The molecule has 6 nitrogen and oxygen atoms in total. The molecule has 0 spiro atoms. The van der Waals surface area contributed by atoms with Gasteiger partial charge in [0.2, 0.25) is 5.91 Å². The third-order valence-electron chi connectivity index (χ3n) is 3.91. The summed E-state index contributed by atoms with van der Waals surface area (Å²) in [6.45, 7) is 1.39. The standard InChI is InChI=1S/C16H23N3O3S.ClH/c1-21-11-5-6-12(14(9-11)22-2)13-10-15(20)18-16(23)19(13)8-4-3-7-17;/h5-6,9,13H,3-4,7-8,10,17H2,1-2H3,(H,18,20,23);1H. The van der Waals surface area contributed by atoms with Crippen molar-refractivity contribution in [2.24, 2.45) is 5.73 Å². The molecule has 24 heavy (non-hydrogen) atoms. The normalized spacial score (nSPS) is 17.1. The summed E-state index contributed by atoms with van der Waals surface area (Å²) in [5, 5.41) is 3.20. The Kier molecular flexibility index (Phi) is 8.24. The second-order valence-corrected chi connectivity index (χ2v) is 5.76. The molecule has 1 aromatic carbocycles. The van der Waals surface area contributed by atoms with E-state index in [2.05, 4.69) is 5.32 Å². The van der Waals surface area contributed by atoms with Crippen LogP contribution in [0, 0.1) is 0 Å². The first kappa shape index (κ1) is 20.5. The quantitative estimate of drug-likeness (QED) is 0.562. The molecule has 0 saturated carbocycles. The zero-order chi connectivity index (χ0) is 16.8. The third kappa shape index (κ3) is 4.72. The van der Waals surface area contributed by atoms with Gasteiger partial charge in [-0.25, -0.2) is 0 Å². The molecule has 3 N–H and O–H groups in total. The Labute approximate surface area is 154 Å². The number of nitrogens with zero attached hydrogens (tertiary/aromatic N) is 1. The van der Waals surface area contributed by atoms with Crippen molar-refractivity contribution in [1.29, 1.82) is 0 Å². The number of hydrogen-bond donors (Lipinski definition) is 2. The van der Waals surface area contributed by atoms with Gasteiger partial charge in [-0.1, -0.05) is 0 Å². The predicted molar refractivity (Wildman–Crippen MR) is 99.9 cm³/mol. The highest BCUT2D eigenvalue weighted by Gasteiger charge is 2.32. The van der Waals surface area contributed by atoms with Gasteiger partial charge in [-0.15, -0.1) is 12.4 Å². The minimum absolute atomic E-state index is 0. The Bertz CT molecular complexity index is 586. The van der Waals surface area contributed by atoms with E-state index >= 15 is 0 Å². The Morgan fingerprint density at radius 2 is 2.08 bits per heavy atom. The van der Waals surface area contributed by atoms with Crippen LogP contribution in [0.3, 0.4) is 0 Å². The van der Waals surface area contributed by atoms with Gasteiger partial charge in [-0.05, 0) is 43.7 Å². The summed E-state index contributed by atoms with van der Waals surface area (Å²) < 4.78 is 10.7. The summed E-state index contributed by atoms with van der Waals surface area (Å²) >= 11 is 5.36. The summed E-state index contributed by atoms with van der Waals surface area (Å²) in [5.41, 5.74) is 6.50. The van der Waals surface area contributed by atoms with E-state index in [0.717, 1.165) is 24.9 Å². The second-order valence-electron chi connectivity index (χ2n) is 5.37. The van der Waals surface area contributed by atoms with Crippen LogP contribution >= 0.6 is 24.6 Å². The van der Waals surface area contributed by atoms with E-state index in [-0.39, 0.29) is 24.4 Å². The van der Waals surface area contributed by atoms with Crippen LogP contribution in [0.5, 0.6) is 11.5 Å². The van der Waals surface area contributed by atoms with Gasteiger partial charge in [0.05, 0.1) is 26.7 Å². The minimum Gasteiger partial charge on any atom is -0.497 e. The Hall–Kier alpha value is -1.57. The molecule has 1 saturated heterocycles. The maximum atomic E-state index is 11.9. The van der Waals surface area contributed by atoms with Gasteiger partial charge in [0.15, 0.2) is 5.11 Å². The third-order valence-corrected chi connectivity index (χ3v) is 4.25. The second kappa shape index (κ2) is 9.66. The van der Waals surface area contributed by atoms with Crippen LogP contribution in [0.2, 0.25) is 0 Å². The largest absolute Gasteiger partial charge is 0.497 e. The molecule has 0 aliphatic carbocycles. The molecule has 1 atom stereocenters. The van der Waals surface area contributed by atoms with Crippen LogP contribution in [0.4, 0.5) is 0 Å². The van der Waals surface area contributed by atoms with Gasteiger partial charge in [0.1, 0.15) is 11.5 Å². The number of nitrogens with one attached hydrogen (secondary N) is 1. The molecule has 0 aromatic heterocycles. The van der Waals surface area contributed by atoms with Gasteiger partial charge < -0.3 is 25.4 Å². The topological polar surface area (TPSA) is 76.8 Å². The zero-order valence-electron chi connectivity index (χ0n) is 13.9. The number of amides is 1. The molecule has 1 aromatic rings. The van der Waals surface area contributed by atoms with Crippen molar-refractivity contribution in [3.8, 4) is 11.5 Å². The van der Waals surface area contributed by atoms with Crippen LogP contribution in [-0.4, -0.2) is 43.2 Å². The van der Waals surface area contributed by atoms with E-state index in [1.54, 1.807) is 14.2 Å². The van der Waals surface area contributed by atoms with E-state index in [0.29, 0.717) is 29.6 Å². The fourth-order valence-corrected chi connectivity index (χ4v) is 3.06. The van der Waals surface area contributed by atoms with Crippen LogP contribution in [0.25, 0.3) is 0 Å². The summed E-state index contributed by atoms with van der Waals surface area (Å²) in [5.74, 6) is 1.33. The lowest BCUT2D eigenvalue weighted by molar-refractivity contribution is -0.122. The highest BCUT2D eigenvalue weighted by atomic mass is 35.5. The Morgan fingerprint density at radius 3 is 2.71 bits per heavy atom. The van der Waals surface area contributed by atoms with E-state index in [4.69, 9.17) is 27.4 Å². The Morgan fingerprint density at radius 1 is 1.33 bits per heavy atom. The van der Waals surface area contributed by atoms with Crippen LogP contribution in [0.1, 0.15) is 30.9 Å². The molecule has 1 aliphatic heterocycles. The fourth-order valence-electron chi connectivity index (χ4n) is 2.72. The average Bonchev–Trinajstić information content (AvgIpc) is 2.55. The predicted octanol–water partition coefficient (Wildman–Crippen LogP) is 2.01. The molecule has 1 aliphatic rings. The summed E-state index contributed by atoms with van der Waals surface area (Å²) in [4.78, 5) is 14.0. The average molecular weight is 374 g/mol. The number of rotatable bonds is 7. The number of carbonyl (C=O) groups is 1. The van der Waals surface area contributed by atoms with Crippen LogP contribution < -0.4 is 20.5 Å². The van der Waals surface area contributed by atoms with Crippen molar-refractivity contribution in [3.05, 3.63) is 23.8 Å². The van der Waals surface area contributed by atoms with Gasteiger partial charge in [-0.3, -0.25) is 4.79 Å². The Balaban J connectivity index is 0.00000288. The van der Waals surface area contributed by atoms with Crippen molar-refractivity contribution >= 4 is 35.6 Å². The number of halogens is 1. The first-order valence-corrected chi connectivity index (χ1v) is 8.04. The van der Waals surface area contributed by atoms with Crippen molar-refractivity contribution in [2.75, 3.05) is 27.3 Å². The van der Waals surface area contributed by atoms with Gasteiger partial charge in [0.25, 0.3) is 0 Å². The lowest BCUT2D eigenvalue weighted by Crippen LogP contribution is -2.51. The highest BCUT2D eigenvalue weighted by molar-refractivity contribution is 7.80. The van der Waals surface area contributed by atoms with Gasteiger partial charge in [0, 0.05) is 18.2 Å². The summed E-state index contributed by atoms with van der Waals surface area (Å²) in [6, 6.07) is 5.48. The van der Waals surface area contributed by atoms with Crippen molar-refractivity contribution in [1.82, 2.24) is 10.2 Å². The molecule has 8 heteroatoms. The molecule has 1 fully saturated rings. The molecular formula is C16H24ClN3O3S. The lowest BCUT2D eigenvalue weighted by Gasteiger charge is -2.38. The maximum Gasteiger partial charge on any atom is 0.228 e. The molecule has 1 heterocycles. The van der Waals surface area contributed by atoms with Gasteiger partial charge in [-0.2, -0.15) is 0 Å². The van der Waals surface area contributed by atoms with Gasteiger partial charge >= 0.3 is 0 Å². The minimum atomic E-state index is -0.144. The van der Waals surface area contributed by atoms with E-state index in [1.165, 1.54) is 0 Å². The van der Waals surface area contributed by atoms with E-state index in [1.807, 2.05) is 23.1 Å². The SMILES string of the molecule is COc1ccc(C2CC(=O)NC(=S)N2CCCCN)c(OC)c1.Cl. The van der Waals surface area contributed by atoms with Crippen LogP contribution in [-0.2, 0) is 4.79 Å². The number of nitrogens with two attached hydrogens (primary N) is 1. The van der Waals surface area contributed by atoms with Crippen molar-refractivity contribution in [3.63, 3.8) is 0 Å². The number of thiocarbonyl (C=S) groups is 1. The van der Waals surface area contributed by atoms with E-state index < -0.39 is 0 Å². The summed E-state index contributed by atoms with van der Waals surface area (Å²) in [7, 11) is 3.22. The zero-order valence-corrected chi connectivity index (χ0v) is 15.5. The number of unbranched alkanes of at least 4 members (excludes halogenated alkanes) is 1. The number of benzene rings is 1. The molecule has 1 unspecified atom stereocenters. The first-order valence-electron chi connectivity index (χ1n) is 7.63. The lowest BCUT2D eigenvalue weighted by atomic mass is 9.98. The summed E-state index contributed by atoms with van der Waals surface area (Å²) in [6.07, 6.45) is 2.17. The monoisotopic (exact) mass is 373 g/mol. The number of hydrogen-bond acceptors (Lipinski definition) is 5. The molecule has 1 amide bonds. The van der Waals surface area contributed by atoms with Crippen LogP contribution in [0.15, 0.2) is 18.2 Å². The number of methoxy groups -OCH3 is 2. The molecule has 0 bridgehead atoms. The molecular weight excluding hydrogens is 350 g/mol. The first-order chi connectivity index (χ1) is 11.1. The van der Waals surface area contributed by atoms with E-state index in [9.17, 15) is 4.79 Å².